The van der Waals surface area contributed by atoms with E-state index >= 15 is 0 Å². The normalized spacial score (nSPS) is 23.2. The summed E-state index contributed by atoms with van der Waals surface area (Å²) >= 11 is 0. The van der Waals surface area contributed by atoms with Crippen LogP contribution in [0, 0.1) is 0 Å². The molecule has 0 aromatic carbocycles. The Morgan fingerprint density at radius 2 is 2.50 bits per heavy atom. The monoisotopic (exact) mass is 250 g/mol. The van der Waals surface area contributed by atoms with Crippen molar-refractivity contribution < 1.29 is 4.79 Å². The van der Waals surface area contributed by atoms with Crippen LogP contribution in [0.5, 0.6) is 0 Å². The number of nitrogens with zero attached hydrogens (tertiary/aromatic N) is 2. The first-order chi connectivity index (χ1) is 8.66. The van der Waals surface area contributed by atoms with Crippen LogP contribution in [0.1, 0.15) is 31.7 Å². The summed E-state index contributed by atoms with van der Waals surface area (Å²) in [5.41, 5.74) is 0.831. The molecule has 1 atom stereocenters. The van der Waals surface area contributed by atoms with Gasteiger partial charge in [-0.15, -0.1) is 0 Å². The zero-order valence-electron chi connectivity index (χ0n) is 11.2. The molecule has 100 valence electrons. The van der Waals surface area contributed by atoms with Crippen molar-refractivity contribution in [3.63, 3.8) is 0 Å². The van der Waals surface area contributed by atoms with Gasteiger partial charge in [-0.2, -0.15) is 5.10 Å². The van der Waals surface area contributed by atoms with Gasteiger partial charge in [-0.3, -0.25) is 9.48 Å². The average Bonchev–Trinajstić information content (AvgIpc) is 2.99. The molecule has 1 fully saturated rings. The summed E-state index contributed by atoms with van der Waals surface area (Å²) in [5.74, 6) is 0.145. The van der Waals surface area contributed by atoms with E-state index in [-0.39, 0.29) is 11.4 Å². The van der Waals surface area contributed by atoms with E-state index in [1.807, 2.05) is 19.4 Å². The third-order valence-electron chi connectivity index (χ3n) is 3.74. The molecule has 0 saturated carbocycles. The maximum absolute atomic E-state index is 12.2. The molecule has 1 saturated heterocycles. The topological polar surface area (TPSA) is 59.0 Å². The van der Waals surface area contributed by atoms with Crippen LogP contribution in [0.2, 0.25) is 0 Å². The lowest BCUT2D eigenvalue weighted by Crippen LogP contribution is -2.53. The number of nitrogens with one attached hydrogen (secondary N) is 2. The van der Waals surface area contributed by atoms with Gasteiger partial charge in [0.05, 0.1) is 11.7 Å². The van der Waals surface area contributed by atoms with Crippen molar-refractivity contribution in [3.05, 3.63) is 18.0 Å². The number of rotatable bonds is 5. The summed E-state index contributed by atoms with van der Waals surface area (Å²) in [6.45, 7) is 3.69. The van der Waals surface area contributed by atoms with Crippen molar-refractivity contribution >= 4 is 5.91 Å². The number of hydrogen-bond donors (Lipinski definition) is 2. The molecule has 1 aromatic rings. The molecule has 1 amide bonds. The molecule has 1 aliphatic heterocycles. The van der Waals surface area contributed by atoms with Crippen molar-refractivity contribution in [2.24, 2.45) is 7.05 Å². The first-order valence-electron chi connectivity index (χ1n) is 6.67. The van der Waals surface area contributed by atoms with Gasteiger partial charge >= 0.3 is 0 Å². The van der Waals surface area contributed by atoms with Crippen LogP contribution >= 0.6 is 0 Å². The zero-order valence-corrected chi connectivity index (χ0v) is 11.2. The maximum Gasteiger partial charge on any atom is 0.240 e. The molecule has 2 heterocycles. The molecule has 5 heteroatoms. The Morgan fingerprint density at radius 1 is 1.67 bits per heavy atom. The molecular weight excluding hydrogens is 228 g/mol. The first-order valence-corrected chi connectivity index (χ1v) is 6.67. The van der Waals surface area contributed by atoms with Crippen molar-refractivity contribution in [2.75, 3.05) is 13.1 Å². The molecule has 2 rings (SSSR count). The quantitative estimate of drug-likeness (QED) is 0.805. The standard InChI is InChI=1S/C13H22N4O/c1-3-13(6-4-7-15-13)12(18)14-8-5-11-9-16-17(2)10-11/h9-10,15H,3-8H2,1-2H3,(H,14,18). The van der Waals surface area contributed by atoms with Gasteiger partial charge in [0.15, 0.2) is 0 Å². The van der Waals surface area contributed by atoms with Gasteiger partial charge in [-0.05, 0) is 37.8 Å². The number of amides is 1. The molecule has 1 aromatic heterocycles. The lowest BCUT2D eigenvalue weighted by molar-refractivity contribution is -0.127. The van der Waals surface area contributed by atoms with Gasteiger partial charge < -0.3 is 10.6 Å². The summed E-state index contributed by atoms with van der Waals surface area (Å²) in [6.07, 6.45) is 7.54. The minimum Gasteiger partial charge on any atom is -0.354 e. The zero-order chi connectivity index (χ0) is 13.0. The van der Waals surface area contributed by atoms with E-state index in [0.29, 0.717) is 6.54 Å². The lowest BCUT2D eigenvalue weighted by Gasteiger charge is -2.26. The maximum atomic E-state index is 12.2. The molecule has 0 radical (unpaired) electrons. The Hall–Kier alpha value is -1.36. The van der Waals surface area contributed by atoms with Gasteiger partial charge in [-0.25, -0.2) is 0 Å². The van der Waals surface area contributed by atoms with Gasteiger partial charge in [0.25, 0.3) is 0 Å². The average molecular weight is 250 g/mol. The third kappa shape index (κ3) is 2.72. The Labute approximate surface area is 108 Å². The van der Waals surface area contributed by atoms with Crippen molar-refractivity contribution in [3.8, 4) is 0 Å². The van der Waals surface area contributed by atoms with Crippen LogP contribution in [-0.4, -0.2) is 34.3 Å². The van der Waals surface area contributed by atoms with E-state index in [0.717, 1.165) is 37.8 Å². The van der Waals surface area contributed by atoms with Gasteiger partial charge in [0.1, 0.15) is 0 Å². The summed E-state index contributed by atoms with van der Waals surface area (Å²) in [4.78, 5) is 12.2. The van der Waals surface area contributed by atoms with Gasteiger partial charge in [-0.1, -0.05) is 6.92 Å². The predicted octanol–water partition coefficient (Wildman–Crippen LogP) is 0.611. The van der Waals surface area contributed by atoms with Gasteiger partial charge in [0, 0.05) is 19.8 Å². The Morgan fingerprint density at radius 3 is 3.06 bits per heavy atom. The highest BCUT2D eigenvalue weighted by atomic mass is 16.2. The molecule has 0 bridgehead atoms. The second-order valence-electron chi connectivity index (χ2n) is 4.99. The smallest absolute Gasteiger partial charge is 0.240 e. The number of carbonyl (C=O) groups excluding carboxylic acids is 1. The minimum absolute atomic E-state index is 0.145. The van der Waals surface area contributed by atoms with E-state index in [1.165, 1.54) is 0 Å². The van der Waals surface area contributed by atoms with E-state index in [4.69, 9.17) is 0 Å². The van der Waals surface area contributed by atoms with Gasteiger partial charge in [0.2, 0.25) is 5.91 Å². The molecule has 18 heavy (non-hydrogen) atoms. The van der Waals surface area contributed by atoms with Crippen LogP contribution in [-0.2, 0) is 18.3 Å². The first kappa shape index (κ1) is 13.1. The van der Waals surface area contributed by atoms with Crippen LogP contribution in [0.25, 0.3) is 0 Å². The third-order valence-corrected chi connectivity index (χ3v) is 3.74. The van der Waals surface area contributed by atoms with Crippen molar-refractivity contribution in [1.29, 1.82) is 0 Å². The van der Waals surface area contributed by atoms with Crippen LogP contribution in [0.15, 0.2) is 12.4 Å². The predicted molar refractivity (Wildman–Crippen MR) is 70.2 cm³/mol. The van der Waals surface area contributed by atoms with E-state index < -0.39 is 0 Å². The van der Waals surface area contributed by atoms with Crippen LogP contribution < -0.4 is 10.6 Å². The highest BCUT2D eigenvalue weighted by Crippen LogP contribution is 2.22. The second-order valence-corrected chi connectivity index (χ2v) is 4.99. The molecule has 2 N–H and O–H groups in total. The summed E-state index contributed by atoms with van der Waals surface area (Å²) in [7, 11) is 1.90. The number of aromatic nitrogens is 2. The lowest BCUT2D eigenvalue weighted by atomic mass is 9.93. The van der Waals surface area contributed by atoms with E-state index in [2.05, 4.69) is 22.7 Å². The number of aryl methyl sites for hydroxylation is 1. The Kier molecular flexibility index (Phi) is 4.01. The molecule has 0 aliphatic carbocycles. The summed E-state index contributed by atoms with van der Waals surface area (Å²) < 4.78 is 1.78. The molecular formula is C13H22N4O. The summed E-state index contributed by atoms with van der Waals surface area (Å²) in [5, 5.41) is 10.5. The fourth-order valence-electron chi connectivity index (χ4n) is 2.55. The SMILES string of the molecule is CCC1(C(=O)NCCc2cnn(C)c2)CCCN1. The minimum atomic E-state index is -0.324. The molecule has 0 spiro atoms. The van der Waals surface area contributed by atoms with E-state index in [1.54, 1.807) is 4.68 Å². The van der Waals surface area contributed by atoms with Crippen molar-refractivity contribution in [2.45, 2.75) is 38.1 Å². The van der Waals surface area contributed by atoms with E-state index in [9.17, 15) is 4.79 Å². The highest BCUT2D eigenvalue weighted by molar-refractivity contribution is 5.86. The molecule has 1 unspecified atom stereocenters. The second kappa shape index (κ2) is 5.52. The van der Waals surface area contributed by atoms with Crippen LogP contribution in [0.3, 0.4) is 0 Å². The highest BCUT2D eigenvalue weighted by Gasteiger charge is 2.38. The fraction of sp³-hybridized carbons (Fsp3) is 0.692. The Bertz CT molecular complexity index is 407. The summed E-state index contributed by atoms with van der Waals surface area (Å²) in [6, 6.07) is 0. The van der Waals surface area contributed by atoms with Crippen LogP contribution in [0.4, 0.5) is 0 Å². The number of hydrogen-bond acceptors (Lipinski definition) is 3. The largest absolute Gasteiger partial charge is 0.354 e. The molecule has 1 aliphatic rings. The Balaban J connectivity index is 1.81. The molecule has 5 nitrogen and oxygen atoms in total. The fourth-order valence-corrected chi connectivity index (χ4v) is 2.55. The van der Waals surface area contributed by atoms with Crippen molar-refractivity contribution in [1.82, 2.24) is 20.4 Å². The number of carbonyl (C=O) groups is 1.